The van der Waals surface area contributed by atoms with E-state index < -0.39 is 17.1 Å². The third-order valence-corrected chi connectivity index (χ3v) is 6.43. The summed E-state index contributed by atoms with van der Waals surface area (Å²) in [6, 6.07) is 14.6. The molecule has 4 aromatic rings. The molecule has 2 amide bonds. The molecule has 0 saturated heterocycles. The summed E-state index contributed by atoms with van der Waals surface area (Å²) in [4.78, 5) is 34.1. The van der Waals surface area contributed by atoms with Crippen molar-refractivity contribution in [3.8, 4) is 23.1 Å². The molecule has 1 saturated carbocycles. The fourth-order valence-electron chi connectivity index (χ4n) is 4.03. The van der Waals surface area contributed by atoms with Crippen molar-refractivity contribution in [1.82, 2.24) is 9.97 Å². The molecule has 9 nitrogen and oxygen atoms in total. The average Bonchev–Trinajstić information content (AvgIpc) is 3.73. The predicted octanol–water partition coefficient (Wildman–Crippen LogP) is 5.24. The van der Waals surface area contributed by atoms with Gasteiger partial charge in [0.25, 0.3) is 0 Å². The van der Waals surface area contributed by atoms with E-state index in [-0.39, 0.29) is 23.2 Å². The summed E-state index contributed by atoms with van der Waals surface area (Å²) in [6.45, 7) is 1.95. The van der Waals surface area contributed by atoms with E-state index in [1.807, 2.05) is 19.1 Å². The van der Waals surface area contributed by atoms with E-state index in [0.717, 1.165) is 11.6 Å². The zero-order valence-corrected chi connectivity index (χ0v) is 21.0. The van der Waals surface area contributed by atoms with Crippen molar-refractivity contribution in [2.45, 2.75) is 19.8 Å². The molecule has 1 aromatic heterocycles. The first-order valence-electron chi connectivity index (χ1n) is 11.9. The van der Waals surface area contributed by atoms with Crippen molar-refractivity contribution in [2.75, 3.05) is 24.9 Å². The van der Waals surface area contributed by atoms with E-state index in [9.17, 15) is 14.0 Å². The Bertz CT molecular complexity index is 1540. The molecule has 0 atom stereocenters. The number of hydrogen-bond donors (Lipinski definition) is 2. The van der Waals surface area contributed by atoms with Gasteiger partial charge in [0.1, 0.15) is 11.7 Å². The van der Waals surface area contributed by atoms with Crippen LogP contribution in [0.3, 0.4) is 0 Å². The van der Waals surface area contributed by atoms with Crippen LogP contribution in [0.5, 0.6) is 23.1 Å². The molecule has 1 aliphatic rings. The summed E-state index contributed by atoms with van der Waals surface area (Å²) in [5.74, 6) is -0.646. The molecule has 194 valence electrons. The molecular formula is C28H25FN4O5. The monoisotopic (exact) mass is 516 g/mol. The summed E-state index contributed by atoms with van der Waals surface area (Å²) in [5, 5.41) is 5.95. The van der Waals surface area contributed by atoms with Gasteiger partial charge < -0.3 is 24.8 Å². The van der Waals surface area contributed by atoms with E-state index in [2.05, 4.69) is 20.6 Å². The number of rotatable bonds is 8. The van der Waals surface area contributed by atoms with Crippen LogP contribution >= 0.6 is 0 Å². The van der Waals surface area contributed by atoms with E-state index in [1.54, 1.807) is 24.3 Å². The molecule has 10 heteroatoms. The normalized spacial score (nSPS) is 13.5. The Morgan fingerprint density at radius 1 is 0.842 bits per heavy atom. The number of carbonyl (C=O) groups excluding carboxylic acids is 2. The fourth-order valence-corrected chi connectivity index (χ4v) is 4.03. The van der Waals surface area contributed by atoms with Crippen molar-refractivity contribution in [3.63, 3.8) is 0 Å². The topological polar surface area (TPSA) is 112 Å². The maximum absolute atomic E-state index is 15.0. The highest BCUT2D eigenvalue weighted by atomic mass is 19.1. The second-order valence-electron chi connectivity index (χ2n) is 9.01. The van der Waals surface area contributed by atoms with Crippen LogP contribution in [0.25, 0.3) is 10.9 Å². The Labute approximate surface area is 218 Å². The third-order valence-electron chi connectivity index (χ3n) is 6.43. The van der Waals surface area contributed by atoms with Gasteiger partial charge in [-0.2, -0.15) is 0 Å². The lowest BCUT2D eigenvalue weighted by atomic mass is 10.0. The zero-order chi connectivity index (χ0) is 26.9. The van der Waals surface area contributed by atoms with Crippen LogP contribution in [0.1, 0.15) is 18.4 Å². The lowest BCUT2D eigenvalue weighted by Crippen LogP contribution is -2.35. The molecule has 0 aliphatic heterocycles. The average molecular weight is 517 g/mol. The lowest BCUT2D eigenvalue weighted by molar-refractivity contribution is -0.131. The van der Waals surface area contributed by atoms with Gasteiger partial charge >= 0.3 is 0 Å². The molecule has 3 aromatic carbocycles. The molecule has 0 bridgehead atoms. The molecule has 0 unspecified atom stereocenters. The number of aryl methyl sites for hydroxylation is 1. The highest BCUT2D eigenvalue weighted by Crippen LogP contribution is 2.47. The minimum Gasteiger partial charge on any atom is -0.493 e. The number of ether oxygens (including phenoxy) is 3. The van der Waals surface area contributed by atoms with E-state index in [4.69, 9.17) is 14.2 Å². The molecule has 2 N–H and O–H groups in total. The number of hydrogen-bond acceptors (Lipinski definition) is 7. The minimum absolute atomic E-state index is 0.101. The first-order chi connectivity index (χ1) is 18.3. The number of anilines is 2. The number of carbonyl (C=O) groups is 2. The Balaban J connectivity index is 1.31. The number of fused-ring (bicyclic) bond motifs is 1. The summed E-state index contributed by atoms with van der Waals surface area (Å²) in [7, 11) is 3.01. The Morgan fingerprint density at radius 2 is 1.47 bits per heavy atom. The molecule has 1 fully saturated rings. The van der Waals surface area contributed by atoms with Gasteiger partial charge in [0.2, 0.25) is 17.7 Å². The summed E-state index contributed by atoms with van der Waals surface area (Å²) in [6.07, 6.45) is 2.12. The molecule has 0 radical (unpaired) electrons. The van der Waals surface area contributed by atoms with Crippen molar-refractivity contribution < 1.29 is 28.2 Å². The van der Waals surface area contributed by atoms with Crippen LogP contribution in [-0.4, -0.2) is 36.0 Å². The Morgan fingerprint density at radius 3 is 2.11 bits per heavy atom. The van der Waals surface area contributed by atoms with Gasteiger partial charge in [-0.25, -0.2) is 14.4 Å². The lowest BCUT2D eigenvalue weighted by Gasteiger charge is -2.16. The Kier molecular flexibility index (Phi) is 6.54. The maximum atomic E-state index is 15.0. The standard InChI is InChI=1S/C28H25FN4O5/c1-16-4-6-17(7-5-16)32-26(34)28(10-11-28)27(35)33-18-8-9-22(20(29)12-18)38-25-19-13-23(36-2)24(37-3)14-21(19)30-15-31-25/h4-9,12-15H,10-11H2,1-3H3,(H,32,34)(H,33,35). The molecular weight excluding hydrogens is 491 g/mol. The van der Waals surface area contributed by atoms with Crippen LogP contribution in [0.4, 0.5) is 15.8 Å². The molecule has 0 spiro atoms. The second kappa shape index (κ2) is 9.97. The number of nitrogens with one attached hydrogen (secondary N) is 2. The number of amides is 2. The predicted molar refractivity (Wildman–Crippen MR) is 139 cm³/mol. The quantitative estimate of drug-likeness (QED) is 0.308. The molecule has 1 heterocycles. The molecule has 38 heavy (non-hydrogen) atoms. The number of nitrogens with zero attached hydrogens (tertiary/aromatic N) is 2. The summed E-state index contributed by atoms with van der Waals surface area (Å²) >= 11 is 0. The van der Waals surface area contributed by atoms with Gasteiger partial charge in [0.15, 0.2) is 23.1 Å². The van der Waals surface area contributed by atoms with E-state index in [0.29, 0.717) is 40.9 Å². The van der Waals surface area contributed by atoms with Crippen LogP contribution in [0.2, 0.25) is 0 Å². The first kappa shape index (κ1) is 24.9. The summed E-state index contributed by atoms with van der Waals surface area (Å²) < 4.78 is 31.4. The SMILES string of the molecule is COc1cc2ncnc(Oc3ccc(NC(=O)C4(C(=O)Nc5ccc(C)cc5)CC4)cc3F)c2cc1OC. The molecule has 1 aliphatic carbocycles. The summed E-state index contributed by atoms with van der Waals surface area (Å²) in [5.41, 5.74) is 1.21. The third kappa shape index (κ3) is 4.80. The maximum Gasteiger partial charge on any atom is 0.240 e. The van der Waals surface area contributed by atoms with Gasteiger partial charge in [-0.3, -0.25) is 9.59 Å². The van der Waals surface area contributed by atoms with Crippen LogP contribution < -0.4 is 24.8 Å². The Hall–Kier alpha value is -4.73. The van der Waals surface area contributed by atoms with Crippen molar-refractivity contribution in [2.24, 2.45) is 5.41 Å². The first-order valence-corrected chi connectivity index (χ1v) is 11.9. The fraction of sp³-hybridized carbons (Fsp3) is 0.214. The molecule has 5 rings (SSSR count). The number of benzene rings is 3. The van der Waals surface area contributed by atoms with Gasteiger partial charge in [-0.15, -0.1) is 0 Å². The largest absolute Gasteiger partial charge is 0.493 e. The van der Waals surface area contributed by atoms with E-state index >= 15 is 0 Å². The highest BCUT2D eigenvalue weighted by Gasteiger charge is 2.56. The van der Waals surface area contributed by atoms with Crippen LogP contribution in [0, 0.1) is 18.2 Å². The number of methoxy groups -OCH3 is 2. The zero-order valence-electron chi connectivity index (χ0n) is 21.0. The van der Waals surface area contributed by atoms with Gasteiger partial charge in [-0.05, 0) is 50.1 Å². The van der Waals surface area contributed by atoms with Crippen molar-refractivity contribution in [3.05, 3.63) is 72.3 Å². The number of halogens is 1. The van der Waals surface area contributed by atoms with Crippen LogP contribution in [-0.2, 0) is 9.59 Å². The van der Waals surface area contributed by atoms with E-state index in [1.165, 1.54) is 32.7 Å². The van der Waals surface area contributed by atoms with Crippen molar-refractivity contribution >= 4 is 34.1 Å². The number of aromatic nitrogens is 2. The van der Waals surface area contributed by atoms with Gasteiger partial charge in [-0.1, -0.05) is 17.7 Å². The minimum atomic E-state index is -1.18. The van der Waals surface area contributed by atoms with Gasteiger partial charge in [0.05, 0.1) is 25.1 Å². The highest BCUT2D eigenvalue weighted by molar-refractivity contribution is 6.16. The second-order valence-corrected chi connectivity index (χ2v) is 9.01. The van der Waals surface area contributed by atoms with Crippen LogP contribution in [0.15, 0.2) is 60.9 Å². The van der Waals surface area contributed by atoms with Gasteiger partial charge in [0, 0.05) is 23.5 Å². The smallest absolute Gasteiger partial charge is 0.240 e. The van der Waals surface area contributed by atoms with Crippen molar-refractivity contribution in [1.29, 1.82) is 0 Å².